The molecule has 1 unspecified atom stereocenters. The SMILES string of the molecule is CC1(CN2CCN(Cc3csc(C(C)(C)C)n3)CC2)CCNC1.Cl. The Morgan fingerprint density at radius 2 is 1.88 bits per heavy atom. The largest absolute Gasteiger partial charge is 0.316 e. The maximum Gasteiger partial charge on any atom is 0.0982 e. The Bertz CT molecular complexity index is 511. The third-order valence-electron chi connectivity index (χ3n) is 5.11. The lowest BCUT2D eigenvalue weighted by molar-refractivity contribution is 0.0927. The molecule has 0 radical (unpaired) electrons. The van der Waals surface area contributed by atoms with Gasteiger partial charge in [-0.15, -0.1) is 23.7 Å². The molecule has 0 bridgehead atoms. The first kappa shape index (κ1) is 20.1. The second-order valence-corrected chi connectivity index (χ2v) is 9.54. The van der Waals surface area contributed by atoms with E-state index in [0.29, 0.717) is 5.41 Å². The highest BCUT2D eigenvalue weighted by Gasteiger charge is 2.31. The number of hydrogen-bond acceptors (Lipinski definition) is 5. The zero-order valence-electron chi connectivity index (χ0n) is 15.6. The molecule has 0 saturated carbocycles. The summed E-state index contributed by atoms with van der Waals surface area (Å²) >= 11 is 1.81. The van der Waals surface area contributed by atoms with Crippen molar-refractivity contribution in [1.82, 2.24) is 20.1 Å². The van der Waals surface area contributed by atoms with Crippen molar-refractivity contribution in [3.05, 3.63) is 16.1 Å². The van der Waals surface area contributed by atoms with E-state index in [1.54, 1.807) is 0 Å². The van der Waals surface area contributed by atoms with Gasteiger partial charge in [-0.3, -0.25) is 4.90 Å². The normalized spacial score (nSPS) is 26.5. The van der Waals surface area contributed by atoms with E-state index in [1.165, 1.54) is 62.9 Å². The van der Waals surface area contributed by atoms with Crippen molar-refractivity contribution in [2.45, 2.75) is 46.1 Å². The molecule has 2 aliphatic heterocycles. The molecule has 0 aromatic carbocycles. The summed E-state index contributed by atoms with van der Waals surface area (Å²) in [4.78, 5) is 10.1. The smallest absolute Gasteiger partial charge is 0.0982 e. The molecule has 0 aliphatic carbocycles. The van der Waals surface area contributed by atoms with Gasteiger partial charge in [0.1, 0.15) is 0 Å². The van der Waals surface area contributed by atoms with Gasteiger partial charge in [0.15, 0.2) is 0 Å². The first-order chi connectivity index (χ1) is 10.8. The molecule has 24 heavy (non-hydrogen) atoms. The fraction of sp³-hybridized carbons (Fsp3) is 0.833. The van der Waals surface area contributed by atoms with E-state index in [9.17, 15) is 0 Å². The van der Waals surface area contributed by atoms with Crippen LogP contribution in [0, 0.1) is 5.41 Å². The molecule has 3 heterocycles. The van der Waals surface area contributed by atoms with Crippen LogP contribution in [0.1, 0.15) is 44.8 Å². The zero-order valence-corrected chi connectivity index (χ0v) is 17.2. The van der Waals surface area contributed by atoms with Crippen LogP contribution in [0.3, 0.4) is 0 Å². The number of piperazine rings is 1. The van der Waals surface area contributed by atoms with E-state index in [-0.39, 0.29) is 17.8 Å². The summed E-state index contributed by atoms with van der Waals surface area (Å²) < 4.78 is 0. The van der Waals surface area contributed by atoms with E-state index in [1.807, 2.05) is 11.3 Å². The van der Waals surface area contributed by atoms with Crippen LogP contribution in [0.5, 0.6) is 0 Å². The Labute approximate surface area is 157 Å². The predicted octanol–water partition coefficient (Wildman–Crippen LogP) is 2.98. The predicted molar refractivity (Wildman–Crippen MR) is 105 cm³/mol. The Hall–Kier alpha value is -0.200. The average Bonchev–Trinajstić information content (AvgIpc) is 3.10. The van der Waals surface area contributed by atoms with E-state index in [2.05, 4.69) is 48.2 Å². The zero-order chi connectivity index (χ0) is 16.5. The third kappa shape index (κ3) is 5.15. The van der Waals surface area contributed by atoms with E-state index >= 15 is 0 Å². The van der Waals surface area contributed by atoms with Crippen molar-refractivity contribution in [2.24, 2.45) is 5.41 Å². The number of aromatic nitrogens is 1. The molecular weight excluding hydrogens is 340 g/mol. The second kappa shape index (κ2) is 8.00. The van der Waals surface area contributed by atoms with Crippen molar-refractivity contribution in [2.75, 3.05) is 45.8 Å². The molecule has 0 amide bonds. The van der Waals surface area contributed by atoms with Crippen LogP contribution in [-0.2, 0) is 12.0 Å². The van der Waals surface area contributed by atoms with Gasteiger partial charge >= 0.3 is 0 Å². The first-order valence-electron chi connectivity index (χ1n) is 8.94. The molecule has 3 rings (SSSR count). The van der Waals surface area contributed by atoms with Crippen LogP contribution in [-0.4, -0.2) is 60.6 Å². The van der Waals surface area contributed by atoms with Gasteiger partial charge in [-0.25, -0.2) is 4.98 Å². The number of rotatable bonds is 4. The quantitative estimate of drug-likeness (QED) is 0.880. The minimum absolute atomic E-state index is 0. The molecule has 1 N–H and O–H groups in total. The number of hydrogen-bond donors (Lipinski definition) is 1. The minimum Gasteiger partial charge on any atom is -0.316 e. The molecule has 6 heteroatoms. The number of thiazole rings is 1. The Balaban J connectivity index is 0.00000208. The third-order valence-corrected chi connectivity index (χ3v) is 6.42. The maximum atomic E-state index is 4.84. The standard InChI is InChI=1S/C18H32N4S.ClH/c1-17(2,3)16-20-15(12-23-16)11-21-7-9-22(10-8-21)14-18(4)5-6-19-13-18;/h12,19H,5-11,13-14H2,1-4H3;1H. The summed E-state index contributed by atoms with van der Waals surface area (Å²) in [6.45, 7) is 18.5. The summed E-state index contributed by atoms with van der Waals surface area (Å²) in [7, 11) is 0. The lowest BCUT2D eigenvalue weighted by Gasteiger charge is -2.38. The molecule has 2 aliphatic rings. The van der Waals surface area contributed by atoms with Crippen LogP contribution in [0.4, 0.5) is 0 Å². The van der Waals surface area contributed by atoms with Gasteiger partial charge in [-0.2, -0.15) is 0 Å². The van der Waals surface area contributed by atoms with Crippen molar-refractivity contribution in [3.63, 3.8) is 0 Å². The summed E-state index contributed by atoms with van der Waals surface area (Å²) in [5.41, 5.74) is 1.91. The first-order valence-corrected chi connectivity index (χ1v) is 9.82. The minimum atomic E-state index is 0. The molecule has 2 fully saturated rings. The topological polar surface area (TPSA) is 31.4 Å². The van der Waals surface area contributed by atoms with Gasteiger partial charge in [0.05, 0.1) is 10.7 Å². The Morgan fingerprint density at radius 1 is 1.21 bits per heavy atom. The van der Waals surface area contributed by atoms with Crippen LogP contribution < -0.4 is 5.32 Å². The van der Waals surface area contributed by atoms with E-state index in [4.69, 9.17) is 4.98 Å². The highest BCUT2D eigenvalue weighted by atomic mass is 35.5. The molecule has 2 saturated heterocycles. The number of halogens is 1. The van der Waals surface area contributed by atoms with E-state index in [0.717, 1.165) is 6.54 Å². The molecule has 1 aromatic heterocycles. The summed E-state index contributed by atoms with van der Waals surface area (Å²) in [5, 5.41) is 7.02. The van der Waals surface area contributed by atoms with Gasteiger partial charge in [-0.1, -0.05) is 27.7 Å². The Kier molecular flexibility index (Phi) is 6.71. The second-order valence-electron chi connectivity index (χ2n) is 8.68. The Morgan fingerprint density at radius 3 is 2.42 bits per heavy atom. The van der Waals surface area contributed by atoms with Crippen molar-refractivity contribution in [1.29, 1.82) is 0 Å². The van der Waals surface area contributed by atoms with Gasteiger partial charge in [0.2, 0.25) is 0 Å². The highest BCUT2D eigenvalue weighted by molar-refractivity contribution is 7.09. The van der Waals surface area contributed by atoms with Crippen molar-refractivity contribution in [3.8, 4) is 0 Å². The molecule has 138 valence electrons. The summed E-state index contributed by atoms with van der Waals surface area (Å²) in [5.74, 6) is 0. The summed E-state index contributed by atoms with van der Waals surface area (Å²) in [6.07, 6.45) is 1.32. The maximum absolute atomic E-state index is 4.84. The van der Waals surface area contributed by atoms with Crippen LogP contribution in [0.25, 0.3) is 0 Å². The van der Waals surface area contributed by atoms with Gasteiger partial charge in [0.25, 0.3) is 0 Å². The number of nitrogens with one attached hydrogen (secondary N) is 1. The van der Waals surface area contributed by atoms with Crippen LogP contribution in [0.2, 0.25) is 0 Å². The van der Waals surface area contributed by atoms with Crippen molar-refractivity contribution >= 4 is 23.7 Å². The molecular formula is C18H33ClN4S. The summed E-state index contributed by atoms with van der Waals surface area (Å²) in [6, 6.07) is 0. The lowest BCUT2D eigenvalue weighted by Crippen LogP contribution is -2.49. The average molecular weight is 373 g/mol. The molecule has 1 aromatic rings. The lowest BCUT2D eigenvalue weighted by atomic mass is 9.89. The van der Waals surface area contributed by atoms with Gasteiger partial charge in [-0.05, 0) is 18.4 Å². The highest BCUT2D eigenvalue weighted by Crippen LogP contribution is 2.27. The van der Waals surface area contributed by atoms with Crippen LogP contribution >= 0.6 is 23.7 Å². The van der Waals surface area contributed by atoms with E-state index < -0.39 is 0 Å². The van der Waals surface area contributed by atoms with Gasteiger partial charge < -0.3 is 10.2 Å². The molecule has 4 nitrogen and oxygen atoms in total. The monoisotopic (exact) mass is 372 g/mol. The number of nitrogens with zero attached hydrogens (tertiary/aromatic N) is 3. The molecule has 0 spiro atoms. The van der Waals surface area contributed by atoms with Crippen molar-refractivity contribution < 1.29 is 0 Å². The fourth-order valence-corrected chi connectivity index (χ4v) is 4.50. The van der Waals surface area contributed by atoms with Crippen LogP contribution in [0.15, 0.2) is 5.38 Å². The molecule has 1 atom stereocenters. The fourth-order valence-electron chi connectivity index (χ4n) is 3.60. The van der Waals surface area contributed by atoms with Gasteiger partial charge in [0, 0.05) is 56.6 Å².